The zero-order valence-corrected chi connectivity index (χ0v) is 21.6. The fourth-order valence-corrected chi connectivity index (χ4v) is 5.62. The molecule has 3 rings (SSSR count). The first-order valence-corrected chi connectivity index (χ1v) is 12.4. The smallest absolute Gasteiger partial charge is 0.304 e. The van der Waals surface area contributed by atoms with Crippen molar-refractivity contribution in [3.05, 3.63) is 69.7 Å². The molecular weight excluding hydrogens is 473 g/mol. The Hall–Kier alpha value is -2.08. The Balaban J connectivity index is 2.24. The molecular formula is C27H33Cl2NO4. The van der Waals surface area contributed by atoms with Gasteiger partial charge in [0.15, 0.2) is 0 Å². The van der Waals surface area contributed by atoms with Crippen LogP contribution in [0.4, 0.5) is 0 Å². The molecule has 4 atom stereocenters. The van der Waals surface area contributed by atoms with E-state index < -0.39 is 17.0 Å². The van der Waals surface area contributed by atoms with Crippen LogP contribution in [0.15, 0.2) is 48.5 Å². The Morgan fingerprint density at radius 2 is 1.79 bits per heavy atom. The lowest BCUT2D eigenvalue weighted by Gasteiger charge is -2.52. The quantitative estimate of drug-likeness (QED) is 0.430. The van der Waals surface area contributed by atoms with E-state index in [-0.39, 0.29) is 30.3 Å². The first kappa shape index (κ1) is 26.5. The molecule has 2 N–H and O–H groups in total. The van der Waals surface area contributed by atoms with Crippen molar-refractivity contribution in [1.82, 2.24) is 4.90 Å². The van der Waals surface area contributed by atoms with Crippen LogP contribution in [0.25, 0.3) is 0 Å². The number of aliphatic carboxylic acids is 1. The number of carboxylic acids is 1. The highest BCUT2D eigenvalue weighted by Gasteiger charge is 2.52. The van der Waals surface area contributed by atoms with Gasteiger partial charge in [0.2, 0.25) is 5.91 Å². The van der Waals surface area contributed by atoms with Crippen molar-refractivity contribution in [2.24, 2.45) is 5.41 Å². The number of carboxylic acid groups (broad SMARTS) is 1. The van der Waals surface area contributed by atoms with E-state index in [1.54, 1.807) is 39.0 Å². The largest absolute Gasteiger partial charge is 0.481 e. The second-order valence-electron chi connectivity index (χ2n) is 10.3. The molecule has 1 unspecified atom stereocenters. The number of nitrogens with zero attached hydrogens (tertiary/aromatic N) is 1. The molecule has 5 nitrogen and oxygen atoms in total. The summed E-state index contributed by atoms with van der Waals surface area (Å²) in [7, 11) is 0. The van der Waals surface area contributed by atoms with Gasteiger partial charge in [0.25, 0.3) is 0 Å². The number of amides is 1. The number of aliphatic hydroxyl groups is 1. The third kappa shape index (κ3) is 5.94. The van der Waals surface area contributed by atoms with Crippen molar-refractivity contribution < 1.29 is 19.8 Å². The maximum Gasteiger partial charge on any atom is 0.304 e. The zero-order chi connectivity index (χ0) is 25.3. The van der Waals surface area contributed by atoms with Crippen LogP contribution in [0.3, 0.4) is 0 Å². The van der Waals surface area contributed by atoms with Gasteiger partial charge in [-0.1, -0.05) is 61.3 Å². The minimum atomic E-state index is -1.10. The number of piperidine rings is 1. The standard InChI is InChI=1S/C27H33Cl2NO4/c1-5-21(14-26(2,3)34)30-24(17-9-11-19(28)12-10-17)22(18-7-6-8-20(29)13-18)15-27(4,25(30)33)16-23(31)32/h6-13,21-22,24,34H,5,14-16H2,1-4H3,(H,31,32)/t21?,22-,24-,27-/m1/s1. The monoisotopic (exact) mass is 505 g/mol. The van der Waals surface area contributed by atoms with Gasteiger partial charge in [0.05, 0.1) is 23.5 Å². The summed E-state index contributed by atoms with van der Waals surface area (Å²) in [5.41, 5.74) is -0.249. The zero-order valence-electron chi connectivity index (χ0n) is 20.1. The molecule has 0 aromatic heterocycles. The molecule has 1 aliphatic rings. The summed E-state index contributed by atoms with van der Waals surface area (Å²) in [5.74, 6) is -1.41. The topological polar surface area (TPSA) is 77.8 Å². The lowest BCUT2D eigenvalue weighted by atomic mass is 9.66. The molecule has 34 heavy (non-hydrogen) atoms. The van der Waals surface area contributed by atoms with E-state index in [4.69, 9.17) is 23.2 Å². The highest BCUT2D eigenvalue weighted by molar-refractivity contribution is 6.30. The second-order valence-corrected chi connectivity index (χ2v) is 11.2. The molecule has 0 spiro atoms. The highest BCUT2D eigenvalue weighted by atomic mass is 35.5. The first-order valence-electron chi connectivity index (χ1n) is 11.6. The van der Waals surface area contributed by atoms with Crippen LogP contribution in [-0.2, 0) is 9.59 Å². The average molecular weight is 506 g/mol. The van der Waals surface area contributed by atoms with Crippen LogP contribution in [0.1, 0.15) is 76.5 Å². The molecule has 0 bridgehead atoms. The van der Waals surface area contributed by atoms with Gasteiger partial charge in [-0.2, -0.15) is 0 Å². The van der Waals surface area contributed by atoms with E-state index in [2.05, 4.69) is 0 Å². The molecule has 1 heterocycles. The minimum absolute atomic E-state index is 0.196. The SMILES string of the molecule is CCC(CC(C)(C)O)N1C(=O)[C@@](C)(CC(=O)O)C[C@H](c2cccc(Cl)c2)[C@H]1c1ccc(Cl)cc1. The van der Waals surface area contributed by atoms with E-state index in [9.17, 15) is 19.8 Å². The lowest BCUT2D eigenvalue weighted by Crippen LogP contribution is -2.57. The lowest BCUT2D eigenvalue weighted by molar-refractivity contribution is -0.162. The summed E-state index contributed by atoms with van der Waals surface area (Å²) in [4.78, 5) is 27.8. The van der Waals surface area contributed by atoms with Crippen molar-refractivity contribution in [2.45, 2.75) is 77.0 Å². The minimum Gasteiger partial charge on any atom is -0.481 e. The van der Waals surface area contributed by atoms with Gasteiger partial charge >= 0.3 is 5.97 Å². The predicted molar refractivity (Wildman–Crippen MR) is 135 cm³/mol. The van der Waals surface area contributed by atoms with E-state index >= 15 is 0 Å². The van der Waals surface area contributed by atoms with Crippen molar-refractivity contribution in [2.75, 3.05) is 0 Å². The second kappa shape index (κ2) is 10.3. The number of benzene rings is 2. The number of likely N-dealkylation sites (tertiary alicyclic amines) is 1. The summed E-state index contributed by atoms with van der Waals surface area (Å²) < 4.78 is 0. The summed E-state index contributed by atoms with van der Waals surface area (Å²) in [6.45, 7) is 7.18. The molecule has 1 saturated heterocycles. The molecule has 0 saturated carbocycles. The average Bonchev–Trinajstić information content (AvgIpc) is 2.73. The number of carbonyl (C=O) groups is 2. The summed E-state index contributed by atoms with van der Waals surface area (Å²) in [6.07, 6.45) is 1.07. The molecule has 184 valence electrons. The van der Waals surface area contributed by atoms with Gasteiger partial charge in [-0.05, 0) is 68.5 Å². The Labute approximate surface area is 211 Å². The molecule has 0 aliphatic carbocycles. The van der Waals surface area contributed by atoms with Gasteiger partial charge in [-0.15, -0.1) is 0 Å². The van der Waals surface area contributed by atoms with Gasteiger partial charge in [-0.3, -0.25) is 9.59 Å². The van der Waals surface area contributed by atoms with Crippen LogP contribution in [-0.4, -0.2) is 38.6 Å². The van der Waals surface area contributed by atoms with Gasteiger partial charge in [0, 0.05) is 22.0 Å². The fourth-order valence-electron chi connectivity index (χ4n) is 5.30. The molecule has 1 fully saturated rings. The van der Waals surface area contributed by atoms with Crippen LogP contribution in [0.2, 0.25) is 10.0 Å². The number of halogens is 2. The number of hydrogen-bond acceptors (Lipinski definition) is 3. The molecule has 1 aliphatic heterocycles. The van der Waals surface area contributed by atoms with E-state index in [0.717, 1.165) is 11.1 Å². The maximum atomic E-state index is 14.1. The van der Waals surface area contributed by atoms with Crippen LogP contribution in [0, 0.1) is 5.41 Å². The highest BCUT2D eigenvalue weighted by Crippen LogP contribution is 2.52. The molecule has 2 aromatic carbocycles. The van der Waals surface area contributed by atoms with Gasteiger partial charge < -0.3 is 15.1 Å². The Bertz CT molecular complexity index is 1030. The van der Waals surface area contributed by atoms with Crippen LogP contribution >= 0.6 is 23.2 Å². The van der Waals surface area contributed by atoms with Gasteiger partial charge in [0.1, 0.15) is 0 Å². The van der Waals surface area contributed by atoms with E-state index in [0.29, 0.717) is 29.3 Å². The van der Waals surface area contributed by atoms with Crippen molar-refractivity contribution in [1.29, 1.82) is 0 Å². The van der Waals surface area contributed by atoms with Gasteiger partial charge in [-0.25, -0.2) is 0 Å². The number of rotatable bonds is 8. The molecule has 1 amide bonds. The van der Waals surface area contributed by atoms with Crippen LogP contribution in [0.5, 0.6) is 0 Å². The summed E-state index contributed by atoms with van der Waals surface area (Å²) in [6, 6.07) is 14.3. The van der Waals surface area contributed by atoms with E-state index in [1.807, 2.05) is 42.2 Å². The Morgan fingerprint density at radius 3 is 2.32 bits per heavy atom. The van der Waals surface area contributed by atoms with Crippen molar-refractivity contribution in [3.8, 4) is 0 Å². The molecule has 7 heteroatoms. The Kier molecular flexibility index (Phi) is 8.01. The van der Waals surface area contributed by atoms with E-state index in [1.165, 1.54) is 0 Å². The summed E-state index contributed by atoms with van der Waals surface area (Å²) in [5, 5.41) is 21.5. The fraction of sp³-hybridized carbons (Fsp3) is 0.481. The number of hydrogen-bond donors (Lipinski definition) is 2. The third-order valence-corrected chi connectivity index (χ3v) is 7.22. The summed E-state index contributed by atoms with van der Waals surface area (Å²) >= 11 is 12.5. The molecule has 2 aromatic rings. The van der Waals surface area contributed by atoms with Crippen molar-refractivity contribution >= 4 is 35.1 Å². The predicted octanol–water partition coefficient (Wildman–Crippen LogP) is 6.47. The molecule has 0 radical (unpaired) electrons. The maximum absolute atomic E-state index is 14.1. The Morgan fingerprint density at radius 1 is 1.15 bits per heavy atom. The third-order valence-electron chi connectivity index (χ3n) is 6.73. The first-order chi connectivity index (χ1) is 15.8. The van der Waals surface area contributed by atoms with Crippen molar-refractivity contribution in [3.63, 3.8) is 0 Å². The van der Waals surface area contributed by atoms with Crippen LogP contribution < -0.4 is 0 Å². The normalized spacial score (nSPS) is 24.2. The number of carbonyl (C=O) groups excluding carboxylic acids is 1.